The number of aromatic nitrogens is 2. The van der Waals surface area contributed by atoms with Crippen molar-refractivity contribution in [2.24, 2.45) is 0 Å². The molecule has 0 spiro atoms. The van der Waals surface area contributed by atoms with Crippen molar-refractivity contribution in [2.45, 2.75) is 0 Å². The number of nitriles is 1. The van der Waals surface area contributed by atoms with Crippen molar-refractivity contribution in [3.8, 4) is 28.7 Å². The van der Waals surface area contributed by atoms with Gasteiger partial charge in [0, 0.05) is 47.9 Å². The van der Waals surface area contributed by atoms with Crippen LogP contribution in [0.5, 0.6) is 11.5 Å². The standard InChI is InChI=1S/C24H22N4O3/c1-29-9-10-31-22-6-3-16(12-23(22)30-2)20-15-26-14-18(13-25)24(20)28-19-4-5-21-17(11-19)7-8-27-21/h3-8,11-12,14-15,27H,9-10H2,1-2H3,(H,26,28). The van der Waals surface area contributed by atoms with E-state index in [9.17, 15) is 5.26 Å². The summed E-state index contributed by atoms with van der Waals surface area (Å²) in [5.74, 6) is 1.22. The minimum atomic E-state index is 0.423. The van der Waals surface area contributed by atoms with Crippen LogP contribution in [0.2, 0.25) is 0 Å². The molecule has 0 saturated carbocycles. The van der Waals surface area contributed by atoms with Gasteiger partial charge in [-0.3, -0.25) is 4.98 Å². The number of benzene rings is 2. The number of H-pyrrole nitrogens is 1. The highest BCUT2D eigenvalue weighted by molar-refractivity contribution is 5.88. The second-order valence-corrected chi connectivity index (χ2v) is 6.83. The maximum Gasteiger partial charge on any atom is 0.161 e. The predicted molar refractivity (Wildman–Crippen MR) is 120 cm³/mol. The van der Waals surface area contributed by atoms with E-state index in [4.69, 9.17) is 14.2 Å². The van der Waals surface area contributed by atoms with Crippen molar-refractivity contribution in [3.63, 3.8) is 0 Å². The van der Waals surface area contributed by atoms with Crippen LogP contribution in [0.25, 0.3) is 22.0 Å². The third-order valence-electron chi connectivity index (χ3n) is 4.91. The van der Waals surface area contributed by atoms with Crippen LogP contribution in [0, 0.1) is 11.3 Å². The number of pyridine rings is 1. The van der Waals surface area contributed by atoms with Gasteiger partial charge in [-0.2, -0.15) is 5.26 Å². The van der Waals surface area contributed by atoms with Crippen molar-refractivity contribution in [1.82, 2.24) is 9.97 Å². The summed E-state index contributed by atoms with van der Waals surface area (Å²) in [7, 11) is 3.22. The van der Waals surface area contributed by atoms with Crippen molar-refractivity contribution in [2.75, 3.05) is 32.8 Å². The lowest BCUT2D eigenvalue weighted by Crippen LogP contribution is -2.05. The van der Waals surface area contributed by atoms with E-state index in [0.29, 0.717) is 36.0 Å². The van der Waals surface area contributed by atoms with E-state index in [1.165, 1.54) is 0 Å². The van der Waals surface area contributed by atoms with Crippen molar-refractivity contribution < 1.29 is 14.2 Å². The normalized spacial score (nSPS) is 10.6. The molecule has 4 rings (SSSR count). The monoisotopic (exact) mass is 414 g/mol. The highest BCUT2D eigenvalue weighted by Gasteiger charge is 2.15. The molecule has 2 aromatic heterocycles. The minimum Gasteiger partial charge on any atom is -0.493 e. The van der Waals surface area contributed by atoms with Crippen molar-refractivity contribution in [1.29, 1.82) is 5.26 Å². The van der Waals surface area contributed by atoms with E-state index in [2.05, 4.69) is 21.4 Å². The first-order valence-electron chi connectivity index (χ1n) is 9.76. The van der Waals surface area contributed by atoms with Gasteiger partial charge in [-0.1, -0.05) is 6.07 Å². The Kier molecular flexibility index (Phi) is 6.01. The van der Waals surface area contributed by atoms with Gasteiger partial charge in [0.15, 0.2) is 11.5 Å². The number of nitrogens with zero attached hydrogens (tertiary/aromatic N) is 2. The molecule has 0 aliphatic carbocycles. The minimum absolute atomic E-state index is 0.423. The molecule has 0 bridgehead atoms. The molecule has 0 amide bonds. The summed E-state index contributed by atoms with van der Waals surface area (Å²) in [6, 6.07) is 15.9. The molecule has 31 heavy (non-hydrogen) atoms. The summed E-state index contributed by atoms with van der Waals surface area (Å²) >= 11 is 0. The molecule has 0 aliphatic heterocycles. The number of ether oxygens (including phenoxy) is 3. The first-order valence-corrected chi connectivity index (χ1v) is 9.76. The smallest absolute Gasteiger partial charge is 0.161 e. The maximum absolute atomic E-state index is 9.68. The van der Waals surface area contributed by atoms with Crippen LogP contribution in [0.15, 0.2) is 61.1 Å². The molecule has 0 saturated heterocycles. The van der Waals surface area contributed by atoms with E-state index in [0.717, 1.165) is 27.7 Å². The fraction of sp³-hybridized carbons (Fsp3) is 0.167. The summed E-state index contributed by atoms with van der Waals surface area (Å²) in [6.45, 7) is 0.907. The van der Waals surface area contributed by atoms with E-state index in [-0.39, 0.29) is 0 Å². The lowest BCUT2D eigenvalue weighted by molar-refractivity contribution is 0.144. The first kappa shape index (κ1) is 20.3. The number of nitrogens with one attached hydrogen (secondary N) is 2. The van der Waals surface area contributed by atoms with E-state index in [1.807, 2.05) is 48.7 Å². The summed E-state index contributed by atoms with van der Waals surface area (Å²) in [5, 5.41) is 14.2. The SMILES string of the molecule is COCCOc1ccc(-c2cncc(C#N)c2Nc2ccc3[nH]ccc3c2)cc1OC. The summed E-state index contributed by atoms with van der Waals surface area (Å²) in [4.78, 5) is 7.44. The zero-order valence-corrected chi connectivity index (χ0v) is 17.3. The number of fused-ring (bicyclic) bond motifs is 1. The van der Waals surface area contributed by atoms with Crippen LogP contribution >= 0.6 is 0 Å². The lowest BCUT2D eigenvalue weighted by Gasteiger charge is -2.16. The Morgan fingerprint density at radius 2 is 1.94 bits per heavy atom. The number of methoxy groups -OCH3 is 2. The summed E-state index contributed by atoms with van der Waals surface area (Å²) in [6.07, 6.45) is 5.19. The van der Waals surface area contributed by atoms with Crippen LogP contribution in [0.3, 0.4) is 0 Å². The maximum atomic E-state index is 9.68. The molecule has 0 radical (unpaired) electrons. The Hall–Kier alpha value is -4.02. The second-order valence-electron chi connectivity index (χ2n) is 6.83. The third kappa shape index (κ3) is 4.29. The number of hydrogen-bond acceptors (Lipinski definition) is 6. The molecule has 0 fully saturated rings. The van der Waals surface area contributed by atoms with Crippen LogP contribution in [0.4, 0.5) is 11.4 Å². The van der Waals surface area contributed by atoms with Gasteiger partial charge in [-0.15, -0.1) is 0 Å². The van der Waals surface area contributed by atoms with Gasteiger partial charge in [0.25, 0.3) is 0 Å². The van der Waals surface area contributed by atoms with Gasteiger partial charge in [0.05, 0.1) is 25.0 Å². The average Bonchev–Trinajstić information content (AvgIpc) is 3.27. The number of aromatic amines is 1. The van der Waals surface area contributed by atoms with E-state index < -0.39 is 0 Å². The Bertz CT molecular complexity index is 1240. The average molecular weight is 414 g/mol. The quantitative estimate of drug-likeness (QED) is 0.399. The molecule has 0 unspecified atom stereocenters. The van der Waals surface area contributed by atoms with Gasteiger partial charge < -0.3 is 24.5 Å². The first-order chi connectivity index (χ1) is 15.2. The molecular weight excluding hydrogens is 392 g/mol. The Labute approximate surface area is 180 Å². The Balaban J connectivity index is 1.72. The zero-order chi connectivity index (χ0) is 21.6. The highest BCUT2D eigenvalue weighted by Crippen LogP contribution is 2.37. The number of hydrogen-bond donors (Lipinski definition) is 2. The molecule has 4 aromatic rings. The van der Waals surface area contributed by atoms with Crippen LogP contribution in [0.1, 0.15) is 5.56 Å². The number of anilines is 2. The van der Waals surface area contributed by atoms with Crippen molar-refractivity contribution >= 4 is 22.3 Å². The molecule has 0 aliphatic rings. The fourth-order valence-corrected chi connectivity index (χ4v) is 3.36. The predicted octanol–water partition coefficient (Wildman–Crippen LogP) is 4.88. The molecule has 2 aromatic carbocycles. The van der Waals surface area contributed by atoms with Crippen LogP contribution in [-0.2, 0) is 4.74 Å². The molecule has 2 heterocycles. The van der Waals surface area contributed by atoms with Gasteiger partial charge in [-0.25, -0.2) is 0 Å². The number of rotatable bonds is 8. The second kappa shape index (κ2) is 9.20. The Morgan fingerprint density at radius 1 is 1.03 bits per heavy atom. The van der Waals surface area contributed by atoms with Crippen LogP contribution < -0.4 is 14.8 Å². The Morgan fingerprint density at radius 3 is 2.74 bits per heavy atom. The molecular formula is C24H22N4O3. The fourth-order valence-electron chi connectivity index (χ4n) is 3.36. The van der Waals surface area contributed by atoms with Crippen molar-refractivity contribution in [3.05, 3.63) is 66.6 Å². The molecule has 156 valence electrons. The zero-order valence-electron chi connectivity index (χ0n) is 17.3. The highest BCUT2D eigenvalue weighted by atomic mass is 16.5. The molecule has 7 nitrogen and oxygen atoms in total. The van der Waals surface area contributed by atoms with E-state index >= 15 is 0 Å². The topological polar surface area (TPSA) is 92.2 Å². The molecule has 2 N–H and O–H groups in total. The van der Waals surface area contributed by atoms with E-state index in [1.54, 1.807) is 26.6 Å². The molecule has 7 heteroatoms. The summed E-state index contributed by atoms with van der Waals surface area (Å²) in [5.41, 5.74) is 4.70. The third-order valence-corrected chi connectivity index (χ3v) is 4.91. The van der Waals surface area contributed by atoms with Crippen LogP contribution in [-0.4, -0.2) is 37.4 Å². The van der Waals surface area contributed by atoms with Gasteiger partial charge >= 0.3 is 0 Å². The van der Waals surface area contributed by atoms with Gasteiger partial charge in [0.2, 0.25) is 0 Å². The summed E-state index contributed by atoms with van der Waals surface area (Å²) < 4.78 is 16.3. The largest absolute Gasteiger partial charge is 0.493 e. The van der Waals surface area contributed by atoms with Gasteiger partial charge in [-0.05, 0) is 42.0 Å². The van der Waals surface area contributed by atoms with Gasteiger partial charge in [0.1, 0.15) is 12.7 Å². The lowest BCUT2D eigenvalue weighted by atomic mass is 10.0. The molecule has 0 atom stereocenters.